The van der Waals surface area contributed by atoms with Gasteiger partial charge in [0.1, 0.15) is 23.8 Å². The lowest BCUT2D eigenvalue weighted by Crippen LogP contribution is -2.59. The summed E-state index contributed by atoms with van der Waals surface area (Å²) >= 11 is 0. The number of allylic oxidation sites excluding steroid dienone is 5. The number of ether oxygens (including phenoxy) is 1. The first-order valence-corrected chi connectivity index (χ1v) is 17.6. The van der Waals surface area contributed by atoms with Crippen molar-refractivity contribution < 1.29 is 24.4 Å². The van der Waals surface area contributed by atoms with E-state index in [1.165, 1.54) is 28.1 Å². The number of Topliss-reactive ketones (excluding diaryl/α,β-unsaturated/α-hetero) is 1. The predicted octanol–water partition coefficient (Wildman–Crippen LogP) is 8.57. The molecule has 2 aliphatic carbocycles. The lowest BCUT2D eigenvalue weighted by molar-refractivity contribution is -0.384. The van der Waals surface area contributed by atoms with Gasteiger partial charge in [-0.25, -0.2) is 9.48 Å². The zero-order valence-electron chi connectivity index (χ0n) is 30.3. The molecule has 2 saturated carbocycles. The SMILES string of the molecule is C/C(=C\CC/C(C)=C/CC[C@@H]1[C@@]2(C)CCC(=O)C(C)(C)[C@H]2CC[C@@]1(C)O)CC/C=C(\C)C(=O)OCc1cn(-c2ccccc2[N+](=O)[O-])nn1. The number of ketones is 1. The number of aromatic nitrogens is 3. The molecule has 0 bridgehead atoms. The van der Waals surface area contributed by atoms with E-state index in [-0.39, 0.29) is 34.7 Å². The van der Waals surface area contributed by atoms with Gasteiger partial charge in [0.2, 0.25) is 0 Å². The highest BCUT2D eigenvalue weighted by molar-refractivity contribution is 5.87. The van der Waals surface area contributed by atoms with Crippen molar-refractivity contribution in [3.63, 3.8) is 0 Å². The fraction of sp³-hybridized carbons (Fsp3) is 0.590. The van der Waals surface area contributed by atoms with Crippen molar-refractivity contribution in [2.24, 2.45) is 22.7 Å². The molecule has 0 aliphatic heterocycles. The number of hydrogen-bond donors (Lipinski definition) is 1. The lowest BCUT2D eigenvalue weighted by atomic mass is 9.45. The van der Waals surface area contributed by atoms with Crippen LogP contribution in [-0.2, 0) is 20.9 Å². The number of rotatable bonds is 14. The Labute approximate surface area is 290 Å². The Morgan fingerprint density at radius 1 is 1.04 bits per heavy atom. The summed E-state index contributed by atoms with van der Waals surface area (Å²) in [5.41, 5.74) is 2.65. The van der Waals surface area contributed by atoms with Gasteiger partial charge in [-0.3, -0.25) is 14.9 Å². The van der Waals surface area contributed by atoms with Crippen LogP contribution in [0.5, 0.6) is 0 Å². The zero-order valence-corrected chi connectivity index (χ0v) is 30.3. The molecule has 2 aromatic rings. The molecular formula is C39H54N4O6. The number of fused-ring (bicyclic) bond motifs is 1. The number of carbonyl (C=O) groups excluding carboxylic acids is 2. The molecule has 49 heavy (non-hydrogen) atoms. The number of nitro benzene ring substituents is 1. The van der Waals surface area contributed by atoms with E-state index in [1.807, 2.05) is 13.0 Å². The van der Waals surface area contributed by atoms with Gasteiger partial charge in [0.15, 0.2) is 0 Å². The van der Waals surface area contributed by atoms with Crippen LogP contribution in [0.1, 0.15) is 118 Å². The second-order valence-corrected chi connectivity index (χ2v) is 15.3. The molecule has 4 rings (SSSR count). The minimum atomic E-state index is -0.704. The van der Waals surface area contributed by atoms with Gasteiger partial charge in [-0.15, -0.1) is 5.10 Å². The van der Waals surface area contributed by atoms with Crippen LogP contribution in [0.25, 0.3) is 5.69 Å². The van der Waals surface area contributed by atoms with Gasteiger partial charge in [-0.2, -0.15) is 0 Å². The monoisotopic (exact) mass is 674 g/mol. The molecule has 0 spiro atoms. The van der Waals surface area contributed by atoms with E-state index in [2.05, 4.69) is 57.1 Å². The fourth-order valence-corrected chi connectivity index (χ4v) is 8.36. The first-order chi connectivity index (χ1) is 23.1. The van der Waals surface area contributed by atoms with Gasteiger partial charge in [0.05, 0.1) is 16.7 Å². The number of esters is 1. The molecule has 0 radical (unpaired) electrons. The Balaban J connectivity index is 1.19. The van der Waals surface area contributed by atoms with Gasteiger partial charge < -0.3 is 9.84 Å². The molecule has 2 aliphatic rings. The van der Waals surface area contributed by atoms with Crippen LogP contribution in [0.15, 0.2) is 65.4 Å². The number of nitrogens with zero attached hydrogens (tertiary/aromatic N) is 4. The van der Waals surface area contributed by atoms with Crippen LogP contribution >= 0.6 is 0 Å². The second-order valence-electron chi connectivity index (χ2n) is 15.3. The highest BCUT2D eigenvalue weighted by atomic mass is 16.6. The molecule has 2 fully saturated rings. The number of benzene rings is 1. The molecule has 0 amide bonds. The Bertz CT molecular complexity index is 1620. The molecular weight excluding hydrogens is 620 g/mol. The molecule has 1 N–H and O–H groups in total. The molecule has 266 valence electrons. The van der Waals surface area contributed by atoms with Crippen LogP contribution in [0.3, 0.4) is 0 Å². The number of nitro groups is 1. The third-order valence-electron chi connectivity index (χ3n) is 11.3. The smallest absolute Gasteiger partial charge is 0.333 e. The van der Waals surface area contributed by atoms with Crippen molar-refractivity contribution in [3.8, 4) is 5.69 Å². The molecule has 10 heteroatoms. The summed E-state index contributed by atoms with van der Waals surface area (Å²) in [6, 6.07) is 6.23. The Kier molecular flexibility index (Phi) is 12.2. The van der Waals surface area contributed by atoms with E-state index in [0.717, 1.165) is 57.8 Å². The summed E-state index contributed by atoms with van der Waals surface area (Å²) in [5.74, 6) is 0.423. The molecule has 1 heterocycles. The second kappa shape index (κ2) is 15.7. The maximum atomic E-state index is 12.8. The van der Waals surface area contributed by atoms with E-state index in [1.54, 1.807) is 25.1 Å². The van der Waals surface area contributed by atoms with E-state index >= 15 is 0 Å². The van der Waals surface area contributed by atoms with Gasteiger partial charge >= 0.3 is 5.97 Å². The third-order valence-corrected chi connectivity index (χ3v) is 11.3. The fourth-order valence-electron chi connectivity index (χ4n) is 8.36. The van der Waals surface area contributed by atoms with E-state index in [4.69, 9.17) is 4.74 Å². The van der Waals surface area contributed by atoms with Crippen LogP contribution in [0.4, 0.5) is 5.69 Å². The van der Waals surface area contributed by atoms with Gasteiger partial charge in [0, 0.05) is 23.5 Å². The average molecular weight is 675 g/mol. The first kappa shape index (κ1) is 37.9. The van der Waals surface area contributed by atoms with Crippen molar-refractivity contribution >= 4 is 17.4 Å². The topological polar surface area (TPSA) is 137 Å². The minimum absolute atomic E-state index is 0.0263. The summed E-state index contributed by atoms with van der Waals surface area (Å²) in [4.78, 5) is 36.1. The van der Waals surface area contributed by atoms with E-state index in [9.17, 15) is 24.8 Å². The Morgan fingerprint density at radius 3 is 2.39 bits per heavy atom. The quantitative estimate of drug-likeness (QED) is 0.0692. The summed E-state index contributed by atoms with van der Waals surface area (Å²) < 4.78 is 6.69. The van der Waals surface area contributed by atoms with Gasteiger partial charge in [-0.05, 0) is 109 Å². The lowest BCUT2D eigenvalue weighted by Gasteiger charge is -2.60. The predicted molar refractivity (Wildman–Crippen MR) is 190 cm³/mol. The Hall–Kier alpha value is -3.92. The summed E-state index contributed by atoms with van der Waals surface area (Å²) in [6.07, 6.45) is 16.5. The van der Waals surface area contributed by atoms with Crippen molar-refractivity contribution in [3.05, 3.63) is 81.2 Å². The maximum absolute atomic E-state index is 12.8. The van der Waals surface area contributed by atoms with Crippen molar-refractivity contribution in [2.45, 2.75) is 125 Å². The van der Waals surface area contributed by atoms with Crippen LogP contribution in [0, 0.1) is 32.8 Å². The van der Waals surface area contributed by atoms with E-state index in [0.29, 0.717) is 29.4 Å². The highest BCUT2D eigenvalue weighted by Gasteiger charge is 2.59. The normalized spacial score (nSPS) is 26.0. The molecule has 0 unspecified atom stereocenters. The first-order valence-electron chi connectivity index (χ1n) is 17.6. The molecule has 1 aromatic carbocycles. The number of carbonyl (C=O) groups is 2. The number of para-hydroxylation sites is 2. The van der Waals surface area contributed by atoms with Crippen LogP contribution < -0.4 is 0 Å². The largest absolute Gasteiger partial charge is 0.456 e. The maximum Gasteiger partial charge on any atom is 0.333 e. The molecule has 4 atom stereocenters. The van der Waals surface area contributed by atoms with E-state index < -0.39 is 16.5 Å². The standard InChI is InChI=1S/C39H54N4O6/c1-27(15-11-17-29(3)36(45)49-26-30-25-42(41-40-30)31-18-8-9-19-32(31)43(47)48)13-10-14-28(2)16-12-20-34-38(6)23-22-35(44)37(4,5)33(38)21-24-39(34,7)46/h8-9,13,16-19,25,33-34,46H,10-12,14-15,20-24,26H2,1-7H3/b27-13+,28-16+,29-17+/t33-,34-,38+,39-/m1/s1. The van der Waals surface area contributed by atoms with Crippen molar-refractivity contribution in [2.75, 3.05) is 0 Å². The molecule has 10 nitrogen and oxygen atoms in total. The van der Waals surface area contributed by atoms with Crippen molar-refractivity contribution in [1.29, 1.82) is 0 Å². The van der Waals surface area contributed by atoms with Gasteiger partial charge in [0.25, 0.3) is 5.69 Å². The zero-order chi connectivity index (χ0) is 36.0. The minimum Gasteiger partial charge on any atom is -0.456 e. The van der Waals surface area contributed by atoms with Gasteiger partial charge in [-0.1, -0.05) is 67.5 Å². The Morgan fingerprint density at radius 2 is 1.69 bits per heavy atom. The highest BCUT2D eigenvalue weighted by Crippen LogP contribution is 2.62. The number of hydrogen-bond acceptors (Lipinski definition) is 8. The third kappa shape index (κ3) is 9.01. The van der Waals surface area contributed by atoms with Crippen LogP contribution in [-0.4, -0.2) is 42.4 Å². The van der Waals surface area contributed by atoms with Crippen LogP contribution in [0.2, 0.25) is 0 Å². The van der Waals surface area contributed by atoms with Crippen molar-refractivity contribution in [1.82, 2.24) is 15.0 Å². The molecule has 1 aromatic heterocycles. The average Bonchev–Trinajstić information content (AvgIpc) is 3.52. The molecule has 0 saturated heterocycles. The summed E-state index contributed by atoms with van der Waals surface area (Å²) in [5, 5.41) is 30.7. The number of aliphatic hydroxyl groups is 1. The summed E-state index contributed by atoms with van der Waals surface area (Å²) in [6.45, 7) is 14.5. The summed E-state index contributed by atoms with van der Waals surface area (Å²) in [7, 11) is 0.